The van der Waals surface area contributed by atoms with Crippen molar-refractivity contribution >= 4 is 16.9 Å². The number of likely N-dealkylation sites (tertiary alicyclic amines) is 1. The number of nitrogens with one attached hydrogen (secondary N) is 2. The molecular formula is C25H27FN6. The summed E-state index contributed by atoms with van der Waals surface area (Å²) in [7, 11) is 0. The predicted molar refractivity (Wildman–Crippen MR) is 124 cm³/mol. The van der Waals surface area contributed by atoms with E-state index in [2.05, 4.69) is 37.5 Å². The van der Waals surface area contributed by atoms with Crippen molar-refractivity contribution in [2.24, 2.45) is 0 Å². The molecule has 2 N–H and O–H groups in total. The van der Waals surface area contributed by atoms with Crippen LogP contribution in [0.2, 0.25) is 0 Å². The zero-order chi connectivity index (χ0) is 21.9. The van der Waals surface area contributed by atoms with Gasteiger partial charge in [0.25, 0.3) is 0 Å². The molecule has 5 rings (SSSR count). The van der Waals surface area contributed by atoms with Gasteiger partial charge >= 0.3 is 0 Å². The van der Waals surface area contributed by atoms with E-state index in [-0.39, 0.29) is 5.82 Å². The average molecular weight is 431 g/mol. The minimum atomic E-state index is -0.132. The number of pyridine rings is 2. The van der Waals surface area contributed by atoms with Crippen LogP contribution >= 0.6 is 0 Å². The Hall–Kier alpha value is -3.32. The van der Waals surface area contributed by atoms with E-state index in [1.54, 1.807) is 6.07 Å². The molecule has 3 aromatic heterocycles. The second-order valence-electron chi connectivity index (χ2n) is 8.49. The number of nitrogens with zero attached hydrogens (tertiary/aromatic N) is 4. The van der Waals surface area contributed by atoms with Gasteiger partial charge in [-0.25, -0.2) is 9.37 Å². The Bertz CT molecular complexity index is 1220. The molecule has 164 valence electrons. The second kappa shape index (κ2) is 9.04. The van der Waals surface area contributed by atoms with E-state index in [0.717, 1.165) is 65.4 Å². The van der Waals surface area contributed by atoms with Gasteiger partial charge in [0.05, 0.1) is 17.6 Å². The largest absolute Gasteiger partial charge is 0.362 e. The third kappa shape index (κ3) is 4.48. The van der Waals surface area contributed by atoms with Crippen LogP contribution in [0.4, 0.5) is 10.2 Å². The molecule has 1 unspecified atom stereocenters. The zero-order valence-corrected chi connectivity index (χ0v) is 18.2. The molecule has 1 fully saturated rings. The minimum Gasteiger partial charge on any atom is -0.362 e. The van der Waals surface area contributed by atoms with E-state index in [0.29, 0.717) is 19.0 Å². The van der Waals surface area contributed by atoms with Crippen molar-refractivity contribution in [1.29, 1.82) is 0 Å². The number of fused-ring (bicyclic) bond motifs is 1. The van der Waals surface area contributed by atoms with Crippen molar-refractivity contribution in [3.8, 4) is 0 Å². The van der Waals surface area contributed by atoms with Crippen LogP contribution < -0.4 is 5.32 Å². The molecule has 0 radical (unpaired) electrons. The van der Waals surface area contributed by atoms with Crippen molar-refractivity contribution in [2.75, 3.05) is 18.4 Å². The summed E-state index contributed by atoms with van der Waals surface area (Å²) in [5.74, 6) is 0.982. The first kappa shape index (κ1) is 20.6. The van der Waals surface area contributed by atoms with Gasteiger partial charge in [0, 0.05) is 36.0 Å². The maximum absolute atomic E-state index is 14.1. The number of halogens is 1. The van der Waals surface area contributed by atoms with Crippen LogP contribution in [0.3, 0.4) is 0 Å². The smallest absolute Gasteiger partial charge is 0.157 e. The van der Waals surface area contributed by atoms with Crippen LogP contribution in [-0.4, -0.2) is 38.2 Å². The molecule has 0 saturated carbocycles. The monoisotopic (exact) mass is 430 g/mol. The van der Waals surface area contributed by atoms with Gasteiger partial charge in [-0.1, -0.05) is 24.3 Å². The summed E-state index contributed by atoms with van der Waals surface area (Å²) in [5.41, 5.74) is 4.57. The first-order valence-electron chi connectivity index (χ1n) is 11.1. The topological polar surface area (TPSA) is 69.7 Å². The molecule has 1 atom stereocenters. The fraction of sp³-hybridized carbons (Fsp3) is 0.320. The second-order valence-corrected chi connectivity index (χ2v) is 8.49. The van der Waals surface area contributed by atoms with E-state index in [1.165, 1.54) is 6.07 Å². The van der Waals surface area contributed by atoms with E-state index >= 15 is 0 Å². The summed E-state index contributed by atoms with van der Waals surface area (Å²) < 4.78 is 14.1. The first-order valence-corrected chi connectivity index (χ1v) is 11.1. The van der Waals surface area contributed by atoms with Gasteiger partial charge < -0.3 is 5.32 Å². The Kier molecular flexibility index (Phi) is 5.81. The summed E-state index contributed by atoms with van der Waals surface area (Å²) in [6.45, 7) is 5.10. The third-order valence-corrected chi connectivity index (χ3v) is 6.10. The number of hydrogen-bond acceptors (Lipinski definition) is 5. The van der Waals surface area contributed by atoms with Crippen molar-refractivity contribution in [1.82, 2.24) is 25.1 Å². The Morgan fingerprint density at radius 1 is 1.09 bits per heavy atom. The maximum atomic E-state index is 14.1. The number of benzene rings is 1. The van der Waals surface area contributed by atoms with Gasteiger partial charge in [-0.2, -0.15) is 5.10 Å². The van der Waals surface area contributed by atoms with E-state index in [4.69, 9.17) is 4.98 Å². The van der Waals surface area contributed by atoms with Crippen LogP contribution in [0.5, 0.6) is 0 Å². The number of aryl methyl sites for hydroxylation is 1. The highest BCUT2D eigenvalue weighted by molar-refractivity contribution is 5.87. The normalized spacial score (nSPS) is 17.0. The lowest BCUT2D eigenvalue weighted by Crippen LogP contribution is -2.34. The highest BCUT2D eigenvalue weighted by Gasteiger charge is 2.23. The number of hydrogen-bond donors (Lipinski definition) is 2. The lowest BCUT2D eigenvalue weighted by Gasteiger charge is -2.32. The first-order chi connectivity index (χ1) is 15.7. The Morgan fingerprint density at radius 2 is 2.00 bits per heavy atom. The van der Waals surface area contributed by atoms with Gasteiger partial charge in [0.1, 0.15) is 5.82 Å². The number of piperidine rings is 1. The predicted octanol–water partition coefficient (Wildman–Crippen LogP) is 4.79. The molecule has 6 nitrogen and oxygen atoms in total. The molecule has 0 amide bonds. The molecule has 1 aliphatic rings. The molecule has 32 heavy (non-hydrogen) atoms. The fourth-order valence-electron chi connectivity index (χ4n) is 4.46. The molecule has 4 aromatic rings. The number of H-pyrrole nitrogens is 1. The van der Waals surface area contributed by atoms with Crippen molar-refractivity contribution in [3.05, 3.63) is 83.1 Å². The molecule has 0 aliphatic carbocycles. The minimum absolute atomic E-state index is 0.132. The highest BCUT2D eigenvalue weighted by Crippen LogP contribution is 2.29. The molecular weight excluding hydrogens is 403 g/mol. The molecule has 0 spiro atoms. The SMILES string of the molecule is Cc1cccc(CNc2n[nH]c3nc(C4CCCN(Cc5ccccc5F)C4)ccc23)n1. The summed E-state index contributed by atoms with van der Waals surface area (Å²) >= 11 is 0. The summed E-state index contributed by atoms with van der Waals surface area (Å²) in [4.78, 5) is 11.7. The van der Waals surface area contributed by atoms with Crippen LogP contribution in [0.1, 0.15) is 41.4 Å². The fourth-order valence-corrected chi connectivity index (χ4v) is 4.46. The summed E-state index contributed by atoms with van der Waals surface area (Å²) in [6.07, 6.45) is 2.17. The molecule has 7 heteroatoms. The standard InChI is InChI=1S/C25H27FN6/c1-17-6-4-9-20(28-17)14-27-24-21-11-12-23(29-25(21)31-30-24)19-8-5-13-32(16-19)15-18-7-2-3-10-22(18)26/h2-4,6-7,9-12,19H,5,8,13-16H2,1H3,(H2,27,29,30,31). The van der Waals surface area contributed by atoms with Crippen molar-refractivity contribution < 1.29 is 4.39 Å². The Morgan fingerprint density at radius 3 is 2.88 bits per heavy atom. The lowest BCUT2D eigenvalue weighted by molar-refractivity contribution is 0.196. The van der Waals surface area contributed by atoms with Gasteiger partial charge in [0.15, 0.2) is 11.5 Å². The quantitative estimate of drug-likeness (QED) is 0.460. The van der Waals surface area contributed by atoms with Crippen LogP contribution in [-0.2, 0) is 13.1 Å². The molecule has 1 saturated heterocycles. The number of aromatic nitrogens is 4. The number of anilines is 1. The Balaban J connectivity index is 1.28. The van der Waals surface area contributed by atoms with Crippen LogP contribution in [0.25, 0.3) is 11.0 Å². The number of rotatable bonds is 6. The highest BCUT2D eigenvalue weighted by atomic mass is 19.1. The van der Waals surface area contributed by atoms with Gasteiger partial charge in [-0.3, -0.25) is 15.0 Å². The number of aromatic amines is 1. The maximum Gasteiger partial charge on any atom is 0.157 e. The molecule has 4 heterocycles. The molecule has 0 bridgehead atoms. The van der Waals surface area contributed by atoms with E-state index < -0.39 is 0 Å². The van der Waals surface area contributed by atoms with Crippen LogP contribution in [0, 0.1) is 12.7 Å². The molecule has 1 aromatic carbocycles. The van der Waals surface area contributed by atoms with Crippen LogP contribution in [0.15, 0.2) is 54.6 Å². The average Bonchev–Trinajstić information content (AvgIpc) is 3.22. The van der Waals surface area contributed by atoms with E-state index in [9.17, 15) is 4.39 Å². The van der Waals surface area contributed by atoms with Crippen molar-refractivity contribution in [2.45, 2.75) is 38.8 Å². The summed E-state index contributed by atoms with van der Waals surface area (Å²) in [6, 6.07) is 17.2. The summed E-state index contributed by atoms with van der Waals surface area (Å²) in [5, 5.41) is 11.8. The van der Waals surface area contributed by atoms with Crippen molar-refractivity contribution in [3.63, 3.8) is 0 Å². The lowest BCUT2D eigenvalue weighted by atomic mass is 9.93. The third-order valence-electron chi connectivity index (χ3n) is 6.10. The van der Waals surface area contributed by atoms with Gasteiger partial charge in [0.2, 0.25) is 0 Å². The Labute approximate surface area is 186 Å². The van der Waals surface area contributed by atoms with E-state index in [1.807, 2.05) is 37.3 Å². The van der Waals surface area contributed by atoms with Gasteiger partial charge in [-0.15, -0.1) is 0 Å². The van der Waals surface area contributed by atoms with Gasteiger partial charge in [-0.05, 0) is 56.6 Å². The zero-order valence-electron chi connectivity index (χ0n) is 18.2. The molecule has 1 aliphatic heterocycles.